The highest BCUT2D eigenvalue weighted by molar-refractivity contribution is 5.12. The Balaban J connectivity index is 2.95. The van der Waals surface area contributed by atoms with Crippen molar-refractivity contribution >= 4 is 0 Å². The molecule has 0 saturated heterocycles. The van der Waals surface area contributed by atoms with Crippen LogP contribution >= 0.6 is 0 Å². The van der Waals surface area contributed by atoms with Crippen LogP contribution in [0, 0.1) is 0 Å². The minimum absolute atomic E-state index is 1.26. The average Bonchev–Trinajstić information content (AvgIpc) is 3.17. The van der Waals surface area contributed by atoms with Gasteiger partial charge in [0.15, 0.2) is 0 Å². The van der Waals surface area contributed by atoms with Gasteiger partial charge in [0.05, 0.1) is 13.6 Å². The number of aromatic nitrogens is 2. The molecule has 2 heteroatoms. The molecule has 1 heterocycles. The van der Waals surface area contributed by atoms with Crippen LogP contribution in [0.15, 0.2) is 0 Å². The summed E-state index contributed by atoms with van der Waals surface area (Å²) in [6.07, 6.45) is 37.4. The molecule has 38 heavy (non-hydrogen) atoms. The predicted octanol–water partition coefficient (Wildman–Crippen LogP) is 11.4. The van der Waals surface area contributed by atoms with Gasteiger partial charge in [-0.05, 0) is 32.1 Å². The minimum Gasteiger partial charge on any atom is -0.234 e. The minimum atomic E-state index is 1.26. The molecule has 2 nitrogen and oxygen atoms in total. The standard InChI is InChI=1S/C36H71N2/c1-6-10-14-18-22-26-30-34-35(31-27-23-19-15-11-7-2)38(33-29-25-21-17-13-9-4)36(37(34)5)32-28-24-20-16-12-8-3/h6-33H2,1-5H3/q+1. The predicted molar refractivity (Wildman–Crippen MR) is 170 cm³/mol. The summed E-state index contributed by atoms with van der Waals surface area (Å²) < 4.78 is 5.53. The van der Waals surface area contributed by atoms with E-state index in [1.165, 1.54) is 180 Å². The van der Waals surface area contributed by atoms with Gasteiger partial charge in [-0.2, -0.15) is 0 Å². The molecule has 0 N–H and O–H groups in total. The molecular weight excluding hydrogens is 460 g/mol. The molecule has 0 fully saturated rings. The molecule has 0 amide bonds. The van der Waals surface area contributed by atoms with Gasteiger partial charge in [0, 0.05) is 19.3 Å². The van der Waals surface area contributed by atoms with Gasteiger partial charge in [0.1, 0.15) is 11.4 Å². The lowest BCUT2D eigenvalue weighted by Crippen LogP contribution is -2.36. The van der Waals surface area contributed by atoms with Gasteiger partial charge in [-0.15, -0.1) is 0 Å². The van der Waals surface area contributed by atoms with Gasteiger partial charge < -0.3 is 0 Å². The summed E-state index contributed by atoms with van der Waals surface area (Å²) in [5.74, 6) is 1.65. The zero-order valence-corrected chi connectivity index (χ0v) is 27.2. The smallest absolute Gasteiger partial charge is 0.234 e. The SMILES string of the molecule is CCCCCCCCc1c(CCCCCCCC)[n+](C)c(CCCCCCCC)n1CCCCCCCC. The van der Waals surface area contributed by atoms with E-state index in [4.69, 9.17) is 0 Å². The Morgan fingerprint density at radius 2 is 0.789 bits per heavy atom. The maximum atomic E-state index is 2.85. The Kier molecular flexibility index (Phi) is 23.4. The van der Waals surface area contributed by atoms with Crippen molar-refractivity contribution in [1.29, 1.82) is 0 Å². The average molecular weight is 532 g/mol. The summed E-state index contributed by atoms with van der Waals surface area (Å²) in [5.41, 5.74) is 3.42. The van der Waals surface area contributed by atoms with Crippen molar-refractivity contribution in [2.24, 2.45) is 7.05 Å². The number of unbranched alkanes of at least 4 members (excludes halogenated alkanes) is 20. The Labute approximate surface area is 240 Å². The molecule has 0 spiro atoms. The molecule has 1 aromatic heterocycles. The third kappa shape index (κ3) is 15.7. The van der Waals surface area contributed by atoms with E-state index in [0.29, 0.717) is 0 Å². The maximum Gasteiger partial charge on any atom is 0.256 e. The van der Waals surface area contributed by atoms with Crippen LogP contribution in [0.4, 0.5) is 0 Å². The summed E-state index contributed by atoms with van der Waals surface area (Å²) >= 11 is 0. The van der Waals surface area contributed by atoms with Crippen LogP contribution in [0.2, 0.25) is 0 Å². The van der Waals surface area contributed by atoms with Crippen molar-refractivity contribution in [1.82, 2.24) is 4.57 Å². The molecule has 0 unspecified atom stereocenters. The quantitative estimate of drug-likeness (QED) is 0.0750. The number of rotatable bonds is 28. The van der Waals surface area contributed by atoms with Crippen LogP contribution in [0.3, 0.4) is 0 Å². The number of nitrogens with zero attached hydrogens (tertiary/aromatic N) is 2. The first-order chi connectivity index (χ1) is 18.7. The third-order valence-electron chi connectivity index (χ3n) is 8.79. The zero-order valence-electron chi connectivity index (χ0n) is 27.2. The summed E-state index contributed by atoms with van der Waals surface area (Å²) in [7, 11) is 2.42. The molecule has 224 valence electrons. The Bertz CT molecular complexity index is 591. The molecule has 0 aromatic carbocycles. The highest BCUT2D eigenvalue weighted by Gasteiger charge is 2.27. The van der Waals surface area contributed by atoms with Crippen LogP contribution in [0.25, 0.3) is 0 Å². The van der Waals surface area contributed by atoms with Crippen molar-refractivity contribution in [3.8, 4) is 0 Å². The van der Waals surface area contributed by atoms with E-state index in [1.807, 2.05) is 0 Å². The van der Waals surface area contributed by atoms with Crippen LogP contribution in [0.1, 0.15) is 199 Å². The number of hydrogen-bond donors (Lipinski definition) is 0. The van der Waals surface area contributed by atoms with Gasteiger partial charge in [-0.1, -0.05) is 150 Å². The monoisotopic (exact) mass is 532 g/mol. The third-order valence-corrected chi connectivity index (χ3v) is 8.79. The second-order valence-electron chi connectivity index (χ2n) is 12.3. The molecule has 0 atom stereocenters. The van der Waals surface area contributed by atoms with Crippen LogP contribution < -0.4 is 4.57 Å². The Morgan fingerprint density at radius 1 is 0.421 bits per heavy atom. The lowest BCUT2D eigenvalue weighted by molar-refractivity contribution is -0.686. The van der Waals surface area contributed by atoms with Crippen molar-refractivity contribution in [2.45, 2.75) is 208 Å². The molecule has 0 aliphatic rings. The van der Waals surface area contributed by atoms with E-state index >= 15 is 0 Å². The summed E-state index contributed by atoms with van der Waals surface area (Å²) in [4.78, 5) is 0. The molecule has 0 aliphatic carbocycles. The van der Waals surface area contributed by atoms with Crippen molar-refractivity contribution in [2.75, 3.05) is 0 Å². The fraction of sp³-hybridized carbons (Fsp3) is 0.917. The van der Waals surface area contributed by atoms with Gasteiger partial charge in [0.2, 0.25) is 0 Å². The van der Waals surface area contributed by atoms with E-state index in [-0.39, 0.29) is 0 Å². The molecule has 0 aliphatic heterocycles. The maximum absolute atomic E-state index is 2.85. The topological polar surface area (TPSA) is 8.81 Å². The molecule has 0 saturated carbocycles. The second-order valence-corrected chi connectivity index (χ2v) is 12.3. The molecule has 0 bridgehead atoms. The summed E-state index contributed by atoms with van der Waals surface area (Å²) in [6, 6.07) is 0. The van der Waals surface area contributed by atoms with Gasteiger partial charge in [-0.25, -0.2) is 9.13 Å². The van der Waals surface area contributed by atoms with Crippen molar-refractivity contribution in [3.05, 3.63) is 17.2 Å². The van der Waals surface area contributed by atoms with E-state index in [1.54, 1.807) is 17.2 Å². The molecule has 1 rings (SSSR count). The fourth-order valence-electron chi connectivity index (χ4n) is 6.26. The summed E-state index contributed by atoms with van der Waals surface area (Å²) in [6.45, 7) is 10.6. The molecule has 1 aromatic rings. The first-order valence-corrected chi connectivity index (χ1v) is 17.8. The lowest BCUT2D eigenvalue weighted by Gasteiger charge is -2.08. The largest absolute Gasteiger partial charge is 0.256 e. The van der Waals surface area contributed by atoms with Crippen molar-refractivity contribution < 1.29 is 4.57 Å². The first kappa shape index (κ1) is 35.2. The van der Waals surface area contributed by atoms with Crippen LogP contribution in [0.5, 0.6) is 0 Å². The number of hydrogen-bond acceptors (Lipinski definition) is 0. The Hall–Kier alpha value is -0.790. The second kappa shape index (κ2) is 25.2. The van der Waals surface area contributed by atoms with Crippen molar-refractivity contribution in [3.63, 3.8) is 0 Å². The van der Waals surface area contributed by atoms with E-state index in [0.717, 1.165) is 0 Å². The highest BCUT2D eigenvalue weighted by Crippen LogP contribution is 2.21. The van der Waals surface area contributed by atoms with Gasteiger partial charge >= 0.3 is 0 Å². The zero-order chi connectivity index (χ0) is 27.7. The molecule has 0 radical (unpaired) electrons. The van der Waals surface area contributed by atoms with Gasteiger partial charge in [0.25, 0.3) is 5.82 Å². The normalized spacial score (nSPS) is 11.6. The first-order valence-electron chi connectivity index (χ1n) is 17.8. The van der Waals surface area contributed by atoms with Crippen LogP contribution in [-0.2, 0) is 32.9 Å². The number of imidazole rings is 1. The highest BCUT2D eigenvalue weighted by atomic mass is 15.2. The summed E-state index contributed by atoms with van der Waals surface area (Å²) in [5, 5.41) is 0. The van der Waals surface area contributed by atoms with E-state index in [9.17, 15) is 0 Å². The van der Waals surface area contributed by atoms with E-state index in [2.05, 4.69) is 43.9 Å². The van der Waals surface area contributed by atoms with Gasteiger partial charge in [-0.3, -0.25) is 0 Å². The molecular formula is C36H71N2+. The lowest BCUT2D eigenvalue weighted by atomic mass is 10.0. The van der Waals surface area contributed by atoms with Crippen LogP contribution in [-0.4, -0.2) is 4.57 Å². The van der Waals surface area contributed by atoms with E-state index < -0.39 is 0 Å². The Morgan fingerprint density at radius 3 is 1.26 bits per heavy atom. The fourth-order valence-corrected chi connectivity index (χ4v) is 6.26.